The molecule has 0 aliphatic rings. The van der Waals surface area contributed by atoms with E-state index in [4.69, 9.17) is 22.9 Å². The molecule has 0 unspecified atom stereocenters. The first-order valence-electron chi connectivity index (χ1n) is 48.0. The van der Waals surface area contributed by atoms with Crippen molar-refractivity contribution in [3.63, 3.8) is 0 Å². The topological polar surface area (TPSA) is 105 Å². The Hall–Kier alpha value is -11.9. The molecule has 0 N–H and O–H groups in total. The first-order valence-corrected chi connectivity index (χ1v) is 48.0. The van der Waals surface area contributed by atoms with Crippen LogP contribution in [0.1, 0.15) is 191 Å². The minimum absolute atomic E-state index is 0. The molecule has 0 saturated heterocycles. The van der Waals surface area contributed by atoms with Crippen LogP contribution in [0, 0.1) is 154 Å². The minimum atomic E-state index is 0. The first-order chi connectivity index (χ1) is 65.7. The van der Waals surface area contributed by atoms with E-state index in [0.717, 1.165) is 92.9 Å². The summed E-state index contributed by atoms with van der Waals surface area (Å²) in [6.45, 7) is 58.4. The van der Waals surface area contributed by atoms with Gasteiger partial charge in [0.05, 0.1) is 30.9 Å². The molecule has 0 atom stereocenters. The molecule has 5 heterocycles. The summed E-state index contributed by atoms with van der Waals surface area (Å²) in [7, 11) is 0. The number of fused-ring (bicyclic) bond motifs is 1. The van der Waals surface area contributed by atoms with Crippen LogP contribution in [-0.4, -0.2) is 45.6 Å². The molecule has 15 heteroatoms. The second kappa shape index (κ2) is 53.6. The van der Waals surface area contributed by atoms with Crippen LogP contribution in [0.5, 0.6) is 5.88 Å². The Balaban J connectivity index is 0.000000195. The summed E-state index contributed by atoms with van der Waals surface area (Å²) in [5.41, 5.74) is 44.7. The van der Waals surface area contributed by atoms with Crippen LogP contribution in [-0.2, 0) is 99.7 Å². The van der Waals surface area contributed by atoms with Crippen molar-refractivity contribution in [1.29, 1.82) is 0 Å². The van der Waals surface area contributed by atoms with Gasteiger partial charge in [0.2, 0.25) is 5.88 Å². The van der Waals surface area contributed by atoms with Gasteiger partial charge in [-0.2, -0.15) is 11.1 Å². The Morgan fingerprint density at radius 3 is 1.31 bits per heavy atom. The largest absolute Gasteiger partial charge is 0.477 e. The maximum atomic E-state index is 7.27. The quantitative estimate of drug-likeness (QED) is 0.0414. The molecule has 5 aromatic heterocycles. The number of hydrogen-bond acceptors (Lipinski definition) is 7. The van der Waals surface area contributed by atoms with E-state index in [1.807, 2.05) is 83.8 Å². The van der Waals surface area contributed by atoms with Gasteiger partial charge in [-0.25, -0.2) is 9.97 Å². The maximum absolute atomic E-state index is 7.27. The number of nitrogens with zero attached hydrogens (tertiary/aromatic N) is 10. The molecule has 0 spiro atoms. The molecule has 0 aliphatic carbocycles. The fraction of sp³-hybridized carbons (Fsp3) is 0.264. The van der Waals surface area contributed by atoms with Gasteiger partial charge in [-0.3, -0.25) is 9.83 Å². The molecule has 17 aromatic rings. The van der Waals surface area contributed by atoms with Crippen molar-refractivity contribution >= 4 is 22.3 Å². The zero-order valence-corrected chi connectivity index (χ0v) is 94.2. The normalized spacial score (nSPS) is 10.6. The van der Waals surface area contributed by atoms with Crippen LogP contribution in [0.4, 0.5) is 11.5 Å². The molecule has 0 bridgehead atoms. The smallest absolute Gasteiger partial charge is 0.277 e. The molecular weight excluding hydrogens is 2430 g/mol. The van der Waals surface area contributed by atoms with Crippen molar-refractivity contribution in [3.05, 3.63) is 408 Å². The first kappa shape index (κ1) is 112. The standard InChI is InChI=1S/C31H32N.C28H29N2.C25H28N.C22H22N3O.C19H16N3.4Ir/c1-7-9-25-16-23(5)31(24(6)17-25)28-12-13-32-29(19-28)26-10-8-11-27(18-26)30-21(3)14-20(2)15-22(30)4;1-5-6-7-9-22-12-13-24-23(16-22)10-8-11-25(24)26-17-27(30-18-29-26)28-20(3)14-19(2)15-21(28)4;1-4-5-6-8-11-21-16-19(2)25(20(3)17-21)23-14-15-26-24(18-23)22-12-9-7-10-13-22;1-6-10-26-20-14-25(21-16(3)11-15(2)12-17(21)4)22(24-20)18-8-7-9-19(13-18)23-5;1-13-10-14(2)18(15(3)11-13)22-12-17(20-4)21-19(22)16-8-6-5-7-9-16;;;;/h8,11-19H,7,9H2,1-6H3;8,10,12-18H,5-7,9H2,1-4H3;7,9-10,12,14-18H,4-6,8,11H2,1-3H3;7,9,11-14H,6,10H2,1-4H3;5-8,10-12H,1-3H3;;;;/q5*-1;;;;. The molecular formula is C125H127Ir4N10O-5. The van der Waals surface area contributed by atoms with Crippen molar-refractivity contribution in [3.8, 4) is 118 Å². The van der Waals surface area contributed by atoms with Gasteiger partial charge < -0.3 is 28.7 Å². The molecule has 0 fully saturated rings. The molecule has 4 radical (unpaired) electrons. The van der Waals surface area contributed by atoms with Crippen LogP contribution in [0.15, 0.2) is 250 Å². The molecule has 0 amide bonds. The number of benzene rings is 12. The molecule has 0 saturated carbocycles. The van der Waals surface area contributed by atoms with Crippen molar-refractivity contribution in [2.45, 2.75) is 216 Å². The van der Waals surface area contributed by atoms with Gasteiger partial charge in [-0.05, 0) is 290 Å². The van der Waals surface area contributed by atoms with Crippen LogP contribution >= 0.6 is 0 Å². The van der Waals surface area contributed by atoms with Gasteiger partial charge in [0.25, 0.3) is 5.82 Å². The third kappa shape index (κ3) is 28.5. The van der Waals surface area contributed by atoms with E-state index in [9.17, 15) is 0 Å². The zero-order valence-electron chi connectivity index (χ0n) is 84.6. The monoisotopic (exact) mass is 2560 g/mol. The Bertz CT molecular complexity index is 7020. The van der Waals surface area contributed by atoms with Crippen LogP contribution < -0.4 is 4.74 Å². The van der Waals surface area contributed by atoms with Crippen molar-refractivity contribution < 1.29 is 85.2 Å². The molecule has 12 aromatic carbocycles. The molecule has 724 valence electrons. The number of aromatic nitrogens is 8. The molecule has 17 rings (SSSR count). The van der Waals surface area contributed by atoms with Crippen molar-refractivity contribution in [2.75, 3.05) is 6.61 Å². The van der Waals surface area contributed by atoms with Crippen LogP contribution in [0.2, 0.25) is 0 Å². The Morgan fingerprint density at radius 1 is 0.329 bits per heavy atom. The summed E-state index contributed by atoms with van der Waals surface area (Å²) in [5.74, 6) is 2.47. The number of rotatable bonds is 25. The van der Waals surface area contributed by atoms with Crippen molar-refractivity contribution in [2.24, 2.45) is 0 Å². The van der Waals surface area contributed by atoms with E-state index in [2.05, 4.69) is 354 Å². The summed E-state index contributed by atoms with van der Waals surface area (Å²) in [6.07, 6.45) is 23.8. The third-order valence-electron chi connectivity index (χ3n) is 24.8. The van der Waals surface area contributed by atoms with Gasteiger partial charge >= 0.3 is 0 Å². The van der Waals surface area contributed by atoms with Crippen LogP contribution in [0.3, 0.4) is 0 Å². The summed E-state index contributed by atoms with van der Waals surface area (Å²) >= 11 is 0. The van der Waals surface area contributed by atoms with Gasteiger partial charge in [-0.1, -0.05) is 215 Å². The second-order valence-electron chi connectivity index (χ2n) is 36.3. The number of pyridine rings is 2. The van der Waals surface area contributed by atoms with Gasteiger partial charge in [0.1, 0.15) is 12.0 Å². The number of unbranched alkanes of at least 4 members (excludes halogenated alkanes) is 5. The molecule has 11 nitrogen and oxygen atoms in total. The Labute approximate surface area is 887 Å². The average Bonchev–Trinajstić information content (AvgIpc) is 1.60. The summed E-state index contributed by atoms with van der Waals surface area (Å²) in [5, 5.41) is 2.44. The summed E-state index contributed by atoms with van der Waals surface area (Å²) in [4.78, 5) is 34.6. The van der Waals surface area contributed by atoms with E-state index < -0.39 is 0 Å². The van der Waals surface area contributed by atoms with Gasteiger partial charge in [0, 0.05) is 116 Å². The van der Waals surface area contributed by atoms with Crippen LogP contribution in [0.25, 0.3) is 133 Å². The third-order valence-corrected chi connectivity index (χ3v) is 24.8. The zero-order chi connectivity index (χ0) is 96.6. The number of ether oxygens (including phenoxy) is 1. The predicted octanol–water partition coefficient (Wildman–Crippen LogP) is 33.2. The van der Waals surface area contributed by atoms with E-state index in [1.54, 1.807) is 24.7 Å². The minimum Gasteiger partial charge on any atom is -0.477 e. The van der Waals surface area contributed by atoms with E-state index in [-0.39, 0.29) is 80.4 Å². The number of imidazole rings is 2. The maximum Gasteiger partial charge on any atom is 0.277 e. The Kier molecular flexibility index (Phi) is 42.8. The summed E-state index contributed by atoms with van der Waals surface area (Å²) in [6, 6.07) is 92.6. The van der Waals surface area contributed by atoms with Crippen molar-refractivity contribution in [1.82, 2.24) is 39.0 Å². The fourth-order valence-corrected chi connectivity index (χ4v) is 19.3. The van der Waals surface area contributed by atoms with E-state index in [0.29, 0.717) is 24.0 Å². The van der Waals surface area contributed by atoms with Gasteiger partial charge in [0.15, 0.2) is 5.82 Å². The van der Waals surface area contributed by atoms with E-state index in [1.165, 1.54) is 213 Å². The SMILES string of the molecule is CCCCCCc1cc(C)c(-c2ccnc(-c3[c-]cccc3)c2)c(C)c1.CCCCCc1ccc2c(-c3cc(-c4c(C)cc(C)cc4C)ncn3)[c-]ccc2c1.CCCc1cc(C)c(-c2ccnc(-c3[c-]ccc(-c4c(C)cc(C)cc4C)c3)c2)c(C)c1.[C-]#[N+]c1cc[c-]c(-c2nc(OCCC)cn2-c2c(C)cc(C)cc2C)c1.[C-]#[N+]c1cn(-c2c(C)cc(C)cc2C)c(-c2[c-]cccc2)n1.[Ir].[Ir].[Ir].[Ir]. The Morgan fingerprint density at radius 2 is 0.786 bits per heavy atom. The fourth-order valence-electron chi connectivity index (χ4n) is 19.3. The average molecular weight is 2550 g/mol. The predicted molar refractivity (Wildman–Crippen MR) is 567 cm³/mol. The number of hydrogen-bond donors (Lipinski definition) is 0. The summed E-state index contributed by atoms with van der Waals surface area (Å²) < 4.78 is 9.83. The molecule has 0 aliphatic heterocycles. The molecule has 140 heavy (non-hydrogen) atoms. The van der Waals surface area contributed by atoms with E-state index >= 15 is 0 Å². The number of aryl methyl sites for hydroxylation is 19. The second-order valence-corrected chi connectivity index (χ2v) is 36.3. The van der Waals surface area contributed by atoms with Gasteiger partial charge in [-0.15, -0.1) is 155 Å².